The van der Waals surface area contributed by atoms with Crippen LogP contribution in [0, 0.1) is 5.92 Å². The van der Waals surface area contributed by atoms with Gasteiger partial charge in [0, 0.05) is 26.1 Å². The average molecular weight is 333 g/mol. The molecule has 124 valence electrons. The topological polar surface area (TPSA) is 32.3 Å². The predicted octanol–water partition coefficient (Wildman–Crippen LogP) is 4.58. The molecule has 1 N–H and O–H groups in total. The zero-order valence-corrected chi connectivity index (χ0v) is 14.5. The third-order valence-corrected chi connectivity index (χ3v) is 5.50. The summed E-state index contributed by atoms with van der Waals surface area (Å²) in [4.78, 5) is 14.5. The number of benzene rings is 1. The lowest BCUT2D eigenvalue weighted by Gasteiger charge is -2.30. The number of carbonyl (C=O) groups is 1. The molecule has 1 aromatic carbocycles. The van der Waals surface area contributed by atoms with Crippen molar-refractivity contribution in [2.24, 2.45) is 5.92 Å². The van der Waals surface area contributed by atoms with Crippen molar-refractivity contribution in [2.75, 3.05) is 25.5 Å². The molecule has 1 amide bonds. The van der Waals surface area contributed by atoms with Crippen molar-refractivity contribution in [1.29, 1.82) is 0 Å². The van der Waals surface area contributed by atoms with E-state index in [1.807, 2.05) is 25.2 Å². The second-order valence-corrected chi connectivity index (χ2v) is 6.95. The summed E-state index contributed by atoms with van der Waals surface area (Å²) in [6, 6.07) is 6.04. The molecule has 1 heterocycles. The van der Waals surface area contributed by atoms with Crippen LogP contribution >= 0.6 is 11.6 Å². The lowest BCUT2D eigenvalue weighted by Crippen LogP contribution is -2.39. The maximum Gasteiger partial charge on any atom is 0.225 e. The Morgan fingerprint density at radius 2 is 1.96 bits per heavy atom. The molecule has 0 atom stereocenters. The summed E-state index contributed by atoms with van der Waals surface area (Å²) in [5.41, 5.74) is 3.40. The lowest BCUT2D eigenvalue weighted by atomic mass is 9.98. The van der Waals surface area contributed by atoms with Gasteiger partial charge in [0.05, 0.1) is 10.7 Å². The molecule has 4 heteroatoms. The third kappa shape index (κ3) is 3.72. The van der Waals surface area contributed by atoms with E-state index in [-0.39, 0.29) is 0 Å². The average Bonchev–Trinajstić information content (AvgIpc) is 3.11. The highest BCUT2D eigenvalue weighted by atomic mass is 35.5. The van der Waals surface area contributed by atoms with Crippen LogP contribution in [-0.4, -0.2) is 30.9 Å². The van der Waals surface area contributed by atoms with E-state index in [4.69, 9.17) is 11.6 Å². The highest BCUT2D eigenvalue weighted by Crippen LogP contribution is 2.31. The molecular weight excluding hydrogens is 308 g/mol. The van der Waals surface area contributed by atoms with Crippen LogP contribution in [0.15, 0.2) is 23.8 Å². The molecule has 23 heavy (non-hydrogen) atoms. The highest BCUT2D eigenvalue weighted by Gasteiger charge is 2.28. The van der Waals surface area contributed by atoms with Crippen molar-refractivity contribution in [2.45, 2.75) is 38.5 Å². The zero-order chi connectivity index (χ0) is 16.2. The first-order valence-corrected chi connectivity index (χ1v) is 9.01. The van der Waals surface area contributed by atoms with Crippen LogP contribution in [0.2, 0.25) is 5.02 Å². The highest BCUT2D eigenvalue weighted by molar-refractivity contribution is 6.34. The van der Waals surface area contributed by atoms with Gasteiger partial charge in [-0.05, 0) is 37.3 Å². The molecule has 2 aliphatic rings. The summed E-state index contributed by atoms with van der Waals surface area (Å²) < 4.78 is 0. The summed E-state index contributed by atoms with van der Waals surface area (Å²) in [6.45, 7) is 1.70. The number of nitrogens with one attached hydrogen (secondary N) is 1. The number of halogens is 1. The van der Waals surface area contributed by atoms with Crippen LogP contribution < -0.4 is 5.32 Å². The first-order valence-electron chi connectivity index (χ1n) is 8.63. The van der Waals surface area contributed by atoms with Gasteiger partial charge in [-0.15, -0.1) is 0 Å². The van der Waals surface area contributed by atoms with E-state index in [0.29, 0.717) is 11.8 Å². The van der Waals surface area contributed by atoms with Crippen molar-refractivity contribution < 1.29 is 4.79 Å². The van der Waals surface area contributed by atoms with Gasteiger partial charge < -0.3 is 10.2 Å². The molecule has 0 bridgehead atoms. The minimum Gasteiger partial charge on any atom is -0.387 e. The molecule has 0 unspecified atom stereocenters. The number of carbonyl (C=O) groups excluding carboxylic acids is 1. The Morgan fingerprint density at radius 1 is 1.26 bits per heavy atom. The third-order valence-electron chi connectivity index (χ3n) is 5.08. The maximum absolute atomic E-state index is 12.5. The van der Waals surface area contributed by atoms with E-state index in [9.17, 15) is 4.79 Å². The Kier molecular flexibility index (Phi) is 5.27. The Balaban J connectivity index is 1.63. The molecule has 1 saturated carbocycles. The van der Waals surface area contributed by atoms with Crippen molar-refractivity contribution in [1.82, 2.24) is 4.90 Å². The molecule has 3 rings (SSSR count). The Bertz CT molecular complexity index is 595. The molecule has 1 saturated heterocycles. The summed E-state index contributed by atoms with van der Waals surface area (Å²) in [6.07, 6.45) is 8.72. The Labute approximate surface area is 143 Å². The predicted molar refractivity (Wildman–Crippen MR) is 96.7 cm³/mol. The van der Waals surface area contributed by atoms with E-state index in [2.05, 4.69) is 16.3 Å². The number of hydrogen-bond acceptors (Lipinski definition) is 2. The van der Waals surface area contributed by atoms with Crippen LogP contribution in [-0.2, 0) is 4.79 Å². The first kappa shape index (κ1) is 16.4. The van der Waals surface area contributed by atoms with Crippen molar-refractivity contribution in [3.63, 3.8) is 0 Å². The number of anilines is 1. The van der Waals surface area contributed by atoms with E-state index >= 15 is 0 Å². The lowest BCUT2D eigenvalue weighted by molar-refractivity contribution is -0.135. The van der Waals surface area contributed by atoms with Crippen molar-refractivity contribution in [3.8, 4) is 0 Å². The zero-order valence-electron chi connectivity index (χ0n) is 13.8. The molecule has 1 aliphatic heterocycles. The second-order valence-electron chi connectivity index (χ2n) is 6.57. The monoisotopic (exact) mass is 332 g/mol. The normalized spacial score (nSPS) is 19.0. The van der Waals surface area contributed by atoms with Gasteiger partial charge in [0.1, 0.15) is 0 Å². The van der Waals surface area contributed by atoms with Gasteiger partial charge in [-0.3, -0.25) is 4.79 Å². The fourth-order valence-electron chi connectivity index (χ4n) is 3.66. The first-order chi connectivity index (χ1) is 11.2. The van der Waals surface area contributed by atoms with Crippen LogP contribution in [0.5, 0.6) is 0 Å². The standard InChI is InChI=1S/C19H25ClN2O/c1-21-17-8-4-7-16(18(17)20)13-14-9-11-22(12-10-14)19(23)15-5-2-3-6-15/h4,7-8,13,15,21H,2-3,5-6,9-12H2,1H3. The van der Waals surface area contributed by atoms with E-state index in [1.165, 1.54) is 18.4 Å². The summed E-state index contributed by atoms with van der Waals surface area (Å²) >= 11 is 6.42. The molecule has 1 aromatic rings. The quantitative estimate of drug-likeness (QED) is 0.878. The number of rotatable bonds is 3. The minimum atomic E-state index is 0.294. The Hall–Kier alpha value is -1.48. The summed E-state index contributed by atoms with van der Waals surface area (Å²) in [5.74, 6) is 0.680. The SMILES string of the molecule is CNc1cccc(C=C2CCN(C(=O)C3CCCC3)CC2)c1Cl. The fraction of sp³-hybridized carbons (Fsp3) is 0.526. The largest absolute Gasteiger partial charge is 0.387 e. The number of nitrogens with zero attached hydrogens (tertiary/aromatic N) is 1. The molecular formula is C19H25ClN2O. The number of hydrogen-bond donors (Lipinski definition) is 1. The number of piperidine rings is 1. The van der Waals surface area contributed by atoms with Gasteiger partial charge in [0.2, 0.25) is 5.91 Å². The van der Waals surface area contributed by atoms with Gasteiger partial charge >= 0.3 is 0 Å². The summed E-state index contributed by atoms with van der Waals surface area (Å²) in [7, 11) is 1.88. The second kappa shape index (κ2) is 7.39. The van der Waals surface area contributed by atoms with Gasteiger partial charge in [-0.1, -0.05) is 48.2 Å². The van der Waals surface area contributed by atoms with Crippen LogP contribution in [0.1, 0.15) is 44.1 Å². The molecule has 2 fully saturated rings. The fourth-order valence-corrected chi connectivity index (χ4v) is 3.94. The van der Waals surface area contributed by atoms with Gasteiger partial charge in [0.25, 0.3) is 0 Å². The molecule has 0 spiro atoms. The van der Waals surface area contributed by atoms with Gasteiger partial charge in [-0.25, -0.2) is 0 Å². The molecule has 1 aliphatic carbocycles. The van der Waals surface area contributed by atoms with Crippen LogP contribution in [0.3, 0.4) is 0 Å². The van der Waals surface area contributed by atoms with E-state index < -0.39 is 0 Å². The van der Waals surface area contributed by atoms with Gasteiger partial charge in [-0.2, -0.15) is 0 Å². The van der Waals surface area contributed by atoms with Crippen molar-refractivity contribution >= 4 is 29.3 Å². The minimum absolute atomic E-state index is 0.294. The molecule has 3 nitrogen and oxygen atoms in total. The van der Waals surface area contributed by atoms with Gasteiger partial charge in [0.15, 0.2) is 0 Å². The summed E-state index contributed by atoms with van der Waals surface area (Å²) in [5, 5.41) is 3.88. The van der Waals surface area contributed by atoms with E-state index in [0.717, 1.165) is 55.0 Å². The Morgan fingerprint density at radius 3 is 2.61 bits per heavy atom. The number of likely N-dealkylation sites (tertiary alicyclic amines) is 1. The molecule has 0 radical (unpaired) electrons. The maximum atomic E-state index is 12.5. The number of amides is 1. The van der Waals surface area contributed by atoms with Crippen molar-refractivity contribution in [3.05, 3.63) is 34.4 Å². The molecule has 0 aromatic heterocycles. The van der Waals surface area contributed by atoms with E-state index in [1.54, 1.807) is 0 Å². The van der Waals surface area contributed by atoms with Crippen LogP contribution in [0.25, 0.3) is 6.08 Å². The van der Waals surface area contributed by atoms with Crippen LogP contribution in [0.4, 0.5) is 5.69 Å². The smallest absolute Gasteiger partial charge is 0.225 e.